The maximum Gasteiger partial charge on any atom is 0.261 e. The van der Waals surface area contributed by atoms with Gasteiger partial charge in [-0.1, -0.05) is 46.9 Å². The van der Waals surface area contributed by atoms with Gasteiger partial charge in [0.05, 0.1) is 10.9 Å². The van der Waals surface area contributed by atoms with Crippen molar-refractivity contribution in [1.29, 1.82) is 0 Å². The summed E-state index contributed by atoms with van der Waals surface area (Å²) in [5.41, 5.74) is 0.457. The van der Waals surface area contributed by atoms with Crippen molar-refractivity contribution < 1.29 is 0 Å². The molecule has 3 nitrogen and oxygen atoms in total. The number of hydrogen-bond donors (Lipinski definition) is 0. The molecular weight excluding hydrogens is 335 g/mol. The van der Waals surface area contributed by atoms with Crippen molar-refractivity contribution in [2.75, 3.05) is 0 Å². The van der Waals surface area contributed by atoms with Crippen LogP contribution in [0.2, 0.25) is 0 Å². The van der Waals surface area contributed by atoms with E-state index < -0.39 is 3.12 Å². The summed E-state index contributed by atoms with van der Waals surface area (Å²) in [4.78, 5) is 12.0. The number of aromatic nitrogens is 2. The number of hydrogen-bond acceptors (Lipinski definition) is 3. The summed E-state index contributed by atoms with van der Waals surface area (Å²) in [5.74, 6) is 0. The van der Waals surface area contributed by atoms with E-state index in [0.29, 0.717) is 10.9 Å². The molecule has 96 valence electrons. The molecule has 8 heteroatoms. The molecule has 0 unspecified atom stereocenters. The van der Waals surface area contributed by atoms with Crippen LogP contribution in [0.1, 0.15) is 0 Å². The van der Waals surface area contributed by atoms with Crippen molar-refractivity contribution >= 4 is 69.9 Å². The summed E-state index contributed by atoms with van der Waals surface area (Å²) in [6.45, 7) is 0. The zero-order valence-corrected chi connectivity index (χ0v) is 13.0. The highest BCUT2D eigenvalue weighted by molar-refractivity contribution is 8.03. The van der Waals surface area contributed by atoms with Gasteiger partial charge in [0.2, 0.25) is 0 Å². The van der Waals surface area contributed by atoms with Crippen LogP contribution >= 0.6 is 59.0 Å². The molecule has 0 amide bonds. The van der Waals surface area contributed by atoms with Crippen LogP contribution in [0.3, 0.4) is 0 Å². The first-order chi connectivity index (χ1) is 8.31. The van der Waals surface area contributed by atoms with Crippen LogP contribution < -0.4 is 5.56 Å². The second-order valence-electron chi connectivity index (χ2n) is 3.50. The molecule has 0 N–H and O–H groups in total. The number of fused-ring (bicyclic) bond motifs is 1. The lowest BCUT2D eigenvalue weighted by atomic mass is 10.2. The molecule has 0 aliphatic heterocycles. The van der Waals surface area contributed by atoms with Crippen molar-refractivity contribution in [2.45, 2.75) is 3.12 Å². The fourth-order valence-corrected chi connectivity index (χ4v) is 3.11. The molecule has 0 saturated heterocycles. The van der Waals surface area contributed by atoms with Crippen LogP contribution in [-0.4, -0.2) is 11.7 Å². The summed E-state index contributed by atoms with van der Waals surface area (Å²) >= 11 is 23.4. The molecule has 0 saturated carbocycles. The molecule has 0 spiro atoms. The van der Waals surface area contributed by atoms with E-state index in [1.807, 2.05) is 0 Å². The van der Waals surface area contributed by atoms with Crippen molar-refractivity contribution in [1.82, 2.24) is 8.54 Å². The van der Waals surface area contributed by atoms with Gasteiger partial charge in [-0.25, -0.2) is 0 Å². The molecule has 0 radical (unpaired) electrons. The van der Waals surface area contributed by atoms with E-state index in [1.54, 1.807) is 35.3 Å². The summed E-state index contributed by atoms with van der Waals surface area (Å²) < 4.78 is 1.65. The maximum atomic E-state index is 12.0. The van der Waals surface area contributed by atoms with Gasteiger partial charge >= 0.3 is 0 Å². The van der Waals surface area contributed by atoms with Crippen LogP contribution in [0.15, 0.2) is 29.1 Å². The third-order valence-electron chi connectivity index (χ3n) is 2.31. The van der Waals surface area contributed by atoms with Gasteiger partial charge in [0.15, 0.2) is 4.77 Å². The summed E-state index contributed by atoms with van der Waals surface area (Å²) in [6.07, 6.45) is 0. The van der Waals surface area contributed by atoms with E-state index in [1.165, 1.54) is 4.57 Å². The molecule has 2 rings (SSSR count). The fourth-order valence-electron chi connectivity index (χ4n) is 1.53. The van der Waals surface area contributed by atoms with Crippen LogP contribution in [0.5, 0.6) is 0 Å². The molecule has 1 heterocycles. The van der Waals surface area contributed by atoms with Crippen LogP contribution in [-0.2, 0) is 7.05 Å². The lowest BCUT2D eigenvalue weighted by molar-refractivity contribution is 0.812. The lowest BCUT2D eigenvalue weighted by Gasteiger charge is -2.16. The topological polar surface area (TPSA) is 26.9 Å². The van der Waals surface area contributed by atoms with Gasteiger partial charge in [-0.15, -0.1) is 0 Å². The third-order valence-corrected chi connectivity index (χ3v) is 4.27. The Bertz CT molecular complexity index is 718. The molecule has 1 aromatic carbocycles. The Kier molecular flexibility index (Phi) is 3.99. The molecule has 0 aliphatic carbocycles. The summed E-state index contributed by atoms with van der Waals surface area (Å²) in [7, 11) is 1.59. The number of para-hydroxylation sites is 1. The van der Waals surface area contributed by atoms with Crippen molar-refractivity contribution in [3.63, 3.8) is 0 Å². The van der Waals surface area contributed by atoms with Crippen LogP contribution in [0.25, 0.3) is 10.9 Å². The van der Waals surface area contributed by atoms with Gasteiger partial charge in [0.25, 0.3) is 8.68 Å². The molecule has 0 aliphatic rings. The highest BCUT2D eigenvalue weighted by atomic mass is 35.6. The summed E-state index contributed by atoms with van der Waals surface area (Å²) in [5, 5.41) is 0.523. The molecule has 0 atom stereocenters. The Hall–Kier alpha value is -0.200. The second kappa shape index (κ2) is 5.06. The van der Waals surface area contributed by atoms with E-state index in [4.69, 9.17) is 47.0 Å². The SMILES string of the molecule is Cn1c(=O)c2ccccc2n(SC(Cl)(Cl)Cl)c1=S. The molecular formula is C10H7Cl3N2OS2. The number of alkyl halides is 3. The minimum atomic E-state index is -1.56. The van der Waals surface area contributed by atoms with E-state index in [9.17, 15) is 4.79 Å². The van der Waals surface area contributed by atoms with E-state index in [0.717, 1.165) is 11.9 Å². The predicted octanol–water partition coefficient (Wildman–Crippen LogP) is 3.89. The average Bonchev–Trinajstić information content (AvgIpc) is 2.31. The predicted molar refractivity (Wildman–Crippen MR) is 81.3 cm³/mol. The zero-order chi connectivity index (χ0) is 13.5. The largest absolute Gasteiger partial charge is 0.287 e. The zero-order valence-electron chi connectivity index (χ0n) is 9.06. The monoisotopic (exact) mass is 340 g/mol. The average molecular weight is 342 g/mol. The second-order valence-corrected chi connectivity index (χ2v) is 7.97. The highest BCUT2D eigenvalue weighted by Gasteiger charge is 2.24. The van der Waals surface area contributed by atoms with Gasteiger partial charge in [-0.2, -0.15) is 0 Å². The third kappa shape index (κ3) is 2.70. The lowest BCUT2D eigenvalue weighted by Crippen LogP contribution is -2.22. The first-order valence-corrected chi connectivity index (χ1v) is 7.10. The Morgan fingerprint density at radius 1 is 1.28 bits per heavy atom. The van der Waals surface area contributed by atoms with E-state index >= 15 is 0 Å². The van der Waals surface area contributed by atoms with Crippen molar-refractivity contribution in [3.05, 3.63) is 39.4 Å². The molecule has 18 heavy (non-hydrogen) atoms. The molecule has 0 fully saturated rings. The minimum Gasteiger partial charge on any atom is -0.287 e. The molecule has 2 aromatic rings. The van der Waals surface area contributed by atoms with Gasteiger partial charge in [0.1, 0.15) is 0 Å². The van der Waals surface area contributed by atoms with Crippen LogP contribution in [0.4, 0.5) is 0 Å². The van der Waals surface area contributed by atoms with Crippen molar-refractivity contribution in [3.8, 4) is 0 Å². The number of halogens is 3. The smallest absolute Gasteiger partial charge is 0.261 e. The Morgan fingerprint density at radius 3 is 2.50 bits per heavy atom. The molecule has 0 bridgehead atoms. The normalized spacial score (nSPS) is 12.0. The first-order valence-electron chi connectivity index (χ1n) is 4.78. The van der Waals surface area contributed by atoms with Gasteiger partial charge < -0.3 is 0 Å². The first kappa shape index (κ1) is 14.2. The Morgan fingerprint density at radius 2 is 1.89 bits per heavy atom. The quantitative estimate of drug-likeness (QED) is 0.581. The fraction of sp³-hybridized carbons (Fsp3) is 0.200. The summed E-state index contributed by atoms with van der Waals surface area (Å²) in [6, 6.07) is 7.04. The highest BCUT2D eigenvalue weighted by Crippen LogP contribution is 2.40. The molecule has 1 aromatic heterocycles. The Labute approximate surface area is 127 Å². The standard InChI is InChI=1S/C10H7Cl3N2OS2/c1-14-8(16)6-4-2-3-5-7(6)15(9(14)17)18-10(11,12)13/h2-5H,1H3. The van der Waals surface area contributed by atoms with Gasteiger partial charge in [-0.05, 0) is 24.4 Å². The van der Waals surface area contributed by atoms with Crippen LogP contribution in [0, 0.1) is 4.77 Å². The number of benzene rings is 1. The van der Waals surface area contributed by atoms with Gasteiger partial charge in [-0.3, -0.25) is 13.3 Å². The maximum absolute atomic E-state index is 12.0. The van der Waals surface area contributed by atoms with E-state index in [-0.39, 0.29) is 10.3 Å². The Balaban J connectivity index is 2.88. The number of rotatable bonds is 1. The van der Waals surface area contributed by atoms with Crippen molar-refractivity contribution in [2.24, 2.45) is 7.05 Å². The van der Waals surface area contributed by atoms with Gasteiger partial charge in [0, 0.05) is 19.0 Å². The van der Waals surface area contributed by atoms with E-state index in [2.05, 4.69) is 0 Å². The number of nitrogens with zero attached hydrogens (tertiary/aromatic N) is 2. The minimum absolute atomic E-state index is 0.170.